The third kappa shape index (κ3) is 3.07. The van der Waals surface area contributed by atoms with E-state index in [2.05, 4.69) is 11.9 Å². The first-order valence-electron chi connectivity index (χ1n) is 6.84. The maximum absolute atomic E-state index is 11.9. The molecule has 0 aliphatic heterocycles. The van der Waals surface area contributed by atoms with Crippen LogP contribution in [-0.2, 0) is 11.2 Å². The van der Waals surface area contributed by atoms with Crippen LogP contribution in [0.15, 0.2) is 30.9 Å². The molecule has 106 valence electrons. The second kappa shape index (κ2) is 6.37. The summed E-state index contributed by atoms with van der Waals surface area (Å²) in [5, 5.41) is 2.69. The summed E-state index contributed by atoms with van der Waals surface area (Å²) >= 11 is 0. The van der Waals surface area contributed by atoms with Crippen molar-refractivity contribution in [3.05, 3.63) is 42.0 Å². The molecule has 1 aliphatic carbocycles. The van der Waals surface area contributed by atoms with Gasteiger partial charge >= 0.3 is 0 Å². The molecule has 1 amide bonds. The average Bonchev–Trinajstić information content (AvgIpc) is 2.45. The van der Waals surface area contributed by atoms with E-state index < -0.39 is 6.10 Å². The van der Waals surface area contributed by atoms with E-state index in [1.165, 1.54) is 0 Å². The van der Waals surface area contributed by atoms with E-state index in [1.54, 1.807) is 19.1 Å². The van der Waals surface area contributed by atoms with Crippen LogP contribution >= 0.6 is 0 Å². The molecule has 0 saturated heterocycles. The largest absolute Gasteiger partial charge is 0.481 e. The molecule has 0 bridgehead atoms. The second-order valence-corrected chi connectivity index (χ2v) is 4.85. The van der Waals surface area contributed by atoms with E-state index in [0.717, 1.165) is 24.0 Å². The maximum atomic E-state index is 11.9. The molecule has 1 aromatic rings. The number of benzene rings is 1. The number of amides is 1. The Morgan fingerprint density at radius 2 is 2.30 bits per heavy atom. The van der Waals surface area contributed by atoms with Crippen molar-refractivity contribution in [3.8, 4) is 5.75 Å². The summed E-state index contributed by atoms with van der Waals surface area (Å²) in [6.45, 7) is 5.66. The van der Waals surface area contributed by atoms with Gasteiger partial charge in [-0.1, -0.05) is 18.2 Å². The quantitative estimate of drug-likeness (QED) is 0.837. The molecule has 1 unspecified atom stereocenters. The molecule has 0 saturated carbocycles. The standard InChI is InChI=1S/C16H19NO3/c1-3-10-17-16(19)11(2)20-15-9-5-6-12-13(15)7-4-8-14(12)18/h3,5-6,9,11H,1,4,7-8,10H2,2H3,(H,17,19). The Kier molecular flexibility index (Phi) is 4.56. The van der Waals surface area contributed by atoms with Crippen molar-refractivity contribution in [2.24, 2.45) is 0 Å². The molecule has 0 heterocycles. The first kappa shape index (κ1) is 14.3. The number of carbonyl (C=O) groups is 2. The highest BCUT2D eigenvalue weighted by Gasteiger charge is 2.22. The lowest BCUT2D eigenvalue weighted by Gasteiger charge is -2.21. The van der Waals surface area contributed by atoms with E-state index in [1.807, 2.05) is 12.1 Å². The van der Waals surface area contributed by atoms with E-state index in [-0.39, 0.29) is 11.7 Å². The van der Waals surface area contributed by atoms with Crippen LogP contribution in [0.5, 0.6) is 5.75 Å². The minimum absolute atomic E-state index is 0.153. The van der Waals surface area contributed by atoms with E-state index in [0.29, 0.717) is 18.7 Å². The van der Waals surface area contributed by atoms with Crippen LogP contribution in [0.2, 0.25) is 0 Å². The van der Waals surface area contributed by atoms with Gasteiger partial charge < -0.3 is 10.1 Å². The van der Waals surface area contributed by atoms with Crippen LogP contribution in [-0.4, -0.2) is 24.3 Å². The summed E-state index contributed by atoms with van der Waals surface area (Å²) in [6, 6.07) is 5.44. The van der Waals surface area contributed by atoms with Gasteiger partial charge in [-0.2, -0.15) is 0 Å². The van der Waals surface area contributed by atoms with Gasteiger partial charge in [0.15, 0.2) is 11.9 Å². The summed E-state index contributed by atoms with van der Waals surface area (Å²) in [5.74, 6) is 0.599. The van der Waals surface area contributed by atoms with Crippen LogP contribution < -0.4 is 10.1 Å². The first-order valence-corrected chi connectivity index (χ1v) is 6.84. The molecule has 1 atom stereocenters. The molecule has 1 aromatic carbocycles. The van der Waals surface area contributed by atoms with Crippen LogP contribution in [0.4, 0.5) is 0 Å². The fourth-order valence-electron chi connectivity index (χ4n) is 2.32. The predicted molar refractivity (Wildman–Crippen MR) is 77.0 cm³/mol. The number of fused-ring (bicyclic) bond motifs is 1. The zero-order valence-electron chi connectivity index (χ0n) is 11.6. The Hall–Kier alpha value is -2.10. The van der Waals surface area contributed by atoms with Gasteiger partial charge in [-0.15, -0.1) is 6.58 Å². The average molecular weight is 273 g/mol. The molecule has 2 rings (SSSR count). The highest BCUT2D eigenvalue weighted by molar-refractivity contribution is 5.99. The van der Waals surface area contributed by atoms with Crippen molar-refractivity contribution >= 4 is 11.7 Å². The van der Waals surface area contributed by atoms with Gasteiger partial charge in [0, 0.05) is 24.1 Å². The molecular weight excluding hydrogens is 254 g/mol. The highest BCUT2D eigenvalue weighted by Crippen LogP contribution is 2.30. The van der Waals surface area contributed by atoms with Gasteiger partial charge in [-0.3, -0.25) is 9.59 Å². The minimum atomic E-state index is -0.599. The monoisotopic (exact) mass is 273 g/mol. The summed E-state index contributed by atoms with van der Waals surface area (Å²) in [5.41, 5.74) is 1.65. The van der Waals surface area contributed by atoms with Crippen LogP contribution in [0, 0.1) is 0 Å². The third-order valence-electron chi connectivity index (χ3n) is 3.36. The molecule has 1 N–H and O–H groups in total. The Bertz CT molecular complexity index is 537. The molecule has 0 spiro atoms. The summed E-state index contributed by atoms with van der Waals surface area (Å²) in [7, 11) is 0. The zero-order chi connectivity index (χ0) is 14.5. The lowest BCUT2D eigenvalue weighted by molar-refractivity contribution is -0.127. The van der Waals surface area contributed by atoms with Crippen molar-refractivity contribution < 1.29 is 14.3 Å². The normalized spacial score (nSPS) is 15.2. The lowest BCUT2D eigenvalue weighted by Crippen LogP contribution is -2.36. The molecular formula is C16H19NO3. The fourth-order valence-corrected chi connectivity index (χ4v) is 2.32. The Balaban J connectivity index is 2.14. The number of ketones is 1. The topological polar surface area (TPSA) is 55.4 Å². The van der Waals surface area contributed by atoms with Crippen LogP contribution in [0.25, 0.3) is 0 Å². The number of ether oxygens (including phenoxy) is 1. The molecule has 4 heteroatoms. The van der Waals surface area contributed by atoms with Crippen molar-refractivity contribution in [3.63, 3.8) is 0 Å². The van der Waals surface area contributed by atoms with Gasteiger partial charge in [0.2, 0.25) is 0 Å². The molecule has 20 heavy (non-hydrogen) atoms. The minimum Gasteiger partial charge on any atom is -0.481 e. The highest BCUT2D eigenvalue weighted by atomic mass is 16.5. The number of carbonyl (C=O) groups excluding carboxylic acids is 2. The fraction of sp³-hybridized carbons (Fsp3) is 0.375. The summed E-state index contributed by atoms with van der Waals surface area (Å²) in [6.07, 6.45) is 3.26. The summed E-state index contributed by atoms with van der Waals surface area (Å²) in [4.78, 5) is 23.6. The second-order valence-electron chi connectivity index (χ2n) is 4.85. The summed E-state index contributed by atoms with van der Waals surface area (Å²) < 4.78 is 5.72. The third-order valence-corrected chi connectivity index (χ3v) is 3.36. The Morgan fingerprint density at radius 3 is 3.05 bits per heavy atom. The number of nitrogens with one attached hydrogen (secondary N) is 1. The van der Waals surface area contributed by atoms with Gasteiger partial charge in [0.05, 0.1) is 0 Å². The van der Waals surface area contributed by atoms with E-state index in [4.69, 9.17) is 4.74 Å². The molecule has 1 aliphatic rings. The molecule has 0 radical (unpaired) electrons. The molecule has 0 aromatic heterocycles. The smallest absolute Gasteiger partial charge is 0.261 e. The maximum Gasteiger partial charge on any atom is 0.261 e. The van der Waals surface area contributed by atoms with Crippen molar-refractivity contribution in [1.29, 1.82) is 0 Å². The van der Waals surface area contributed by atoms with Crippen LogP contribution in [0.1, 0.15) is 35.7 Å². The van der Waals surface area contributed by atoms with Crippen LogP contribution in [0.3, 0.4) is 0 Å². The number of Topliss-reactive ketones (excluding diaryl/α,β-unsaturated/α-hetero) is 1. The predicted octanol–water partition coefficient (Wildman–Crippen LogP) is 2.28. The number of hydrogen-bond donors (Lipinski definition) is 1. The van der Waals surface area contributed by atoms with Gasteiger partial charge in [-0.05, 0) is 25.8 Å². The van der Waals surface area contributed by atoms with Gasteiger partial charge in [-0.25, -0.2) is 0 Å². The lowest BCUT2D eigenvalue weighted by atomic mass is 9.90. The molecule has 0 fully saturated rings. The van der Waals surface area contributed by atoms with Crippen molar-refractivity contribution in [2.75, 3.05) is 6.54 Å². The van der Waals surface area contributed by atoms with E-state index >= 15 is 0 Å². The van der Waals surface area contributed by atoms with E-state index in [9.17, 15) is 9.59 Å². The number of rotatable bonds is 5. The van der Waals surface area contributed by atoms with Gasteiger partial charge in [0.25, 0.3) is 5.91 Å². The number of hydrogen-bond acceptors (Lipinski definition) is 3. The molecule has 4 nitrogen and oxygen atoms in total. The van der Waals surface area contributed by atoms with Crippen molar-refractivity contribution in [2.45, 2.75) is 32.3 Å². The Morgan fingerprint density at radius 1 is 1.50 bits per heavy atom. The van der Waals surface area contributed by atoms with Crippen molar-refractivity contribution in [1.82, 2.24) is 5.32 Å². The SMILES string of the molecule is C=CCNC(=O)C(C)Oc1cccc2c1CCCC2=O. The Labute approximate surface area is 118 Å². The zero-order valence-corrected chi connectivity index (χ0v) is 11.6. The first-order chi connectivity index (χ1) is 9.63. The van der Waals surface area contributed by atoms with Gasteiger partial charge in [0.1, 0.15) is 5.75 Å².